The molecule has 0 amide bonds. The molecule has 15 heavy (non-hydrogen) atoms. The highest BCUT2D eigenvalue weighted by atomic mass is 32.2. The third kappa shape index (κ3) is 2.76. The zero-order chi connectivity index (χ0) is 10.5. The Kier molecular flexibility index (Phi) is 4.09. The molecule has 0 unspecified atom stereocenters. The van der Waals surface area contributed by atoms with Crippen LogP contribution in [0.5, 0.6) is 0 Å². The Morgan fingerprint density at radius 2 is 1.87 bits per heavy atom. The molecule has 1 aromatic rings. The second-order valence-electron chi connectivity index (χ2n) is 3.98. The van der Waals surface area contributed by atoms with Crippen LogP contribution in [0.25, 0.3) is 0 Å². The molecule has 1 saturated heterocycles. The van der Waals surface area contributed by atoms with E-state index in [9.17, 15) is 0 Å². The van der Waals surface area contributed by atoms with Crippen molar-refractivity contribution in [3.8, 4) is 0 Å². The third-order valence-corrected chi connectivity index (χ3v) is 4.00. The molecule has 1 aliphatic heterocycles. The second kappa shape index (κ2) is 5.57. The van der Waals surface area contributed by atoms with E-state index in [4.69, 9.17) is 0 Å². The highest BCUT2D eigenvalue weighted by molar-refractivity contribution is 7.99. The topological polar surface area (TPSA) is 3.24 Å². The third-order valence-electron chi connectivity index (χ3n) is 3.06. The summed E-state index contributed by atoms with van der Waals surface area (Å²) < 4.78 is 0. The van der Waals surface area contributed by atoms with Crippen LogP contribution in [-0.4, -0.2) is 29.5 Å². The molecular formula is C13H19NS. The molecule has 1 fully saturated rings. The molecule has 1 aliphatic rings. The van der Waals surface area contributed by atoms with Gasteiger partial charge in [0.2, 0.25) is 0 Å². The van der Waals surface area contributed by atoms with Crippen LogP contribution in [0, 0.1) is 0 Å². The first-order valence-corrected chi connectivity index (χ1v) is 6.94. The Hall–Kier alpha value is -0.470. The summed E-state index contributed by atoms with van der Waals surface area (Å²) >= 11 is 2.08. The smallest absolute Gasteiger partial charge is 0.0346 e. The van der Waals surface area contributed by atoms with Crippen molar-refractivity contribution in [2.24, 2.45) is 0 Å². The summed E-state index contributed by atoms with van der Waals surface area (Å²) in [6.45, 7) is 4.79. The summed E-state index contributed by atoms with van der Waals surface area (Å²) in [7, 11) is 0. The van der Waals surface area contributed by atoms with Gasteiger partial charge in [-0.3, -0.25) is 4.90 Å². The minimum atomic E-state index is 0.632. The van der Waals surface area contributed by atoms with Crippen molar-refractivity contribution in [3.63, 3.8) is 0 Å². The molecule has 0 aromatic heterocycles. The molecular weight excluding hydrogens is 202 g/mol. The van der Waals surface area contributed by atoms with Gasteiger partial charge in [0, 0.05) is 30.6 Å². The van der Waals surface area contributed by atoms with Gasteiger partial charge >= 0.3 is 0 Å². The van der Waals surface area contributed by atoms with E-state index in [2.05, 4.69) is 53.9 Å². The Bertz CT molecular complexity index is 280. The Balaban J connectivity index is 2.09. The monoisotopic (exact) mass is 221 g/mol. The summed E-state index contributed by atoms with van der Waals surface area (Å²) in [4.78, 5) is 2.63. The largest absolute Gasteiger partial charge is 0.295 e. The first kappa shape index (κ1) is 11.0. The SMILES string of the molecule is CC[C@H](c1ccccc1)N1CCSCC1. The highest BCUT2D eigenvalue weighted by Gasteiger charge is 2.20. The van der Waals surface area contributed by atoms with Crippen molar-refractivity contribution in [3.05, 3.63) is 35.9 Å². The molecule has 0 radical (unpaired) electrons. The zero-order valence-electron chi connectivity index (χ0n) is 9.36. The fraction of sp³-hybridized carbons (Fsp3) is 0.538. The van der Waals surface area contributed by atoms with E-state index in [1.54, 1.807) is 0 Å². The van der Waals surface area contributed by atoms with Gasteiger partial charge in [0.05, 0.1) is 0 Å². The van der Waals surface area contributed by atoms with Crippen molar-refractivity contribution < 1.29 is 0 Å². The van der Waals surface area contributed by atoms with Crippen LogP contribution in [0.3, 0.4) is 0 Å². The Morgan fingerprint density at radius 1 is 1.20 bits per heavy atom. The van der Waals surface area contributed by atoms with E-state index < -0.39 is 0 Å². The van der Waals surface area contributed by atoms with Crippen molar-refractivity contribution in [2.45, 2.75) is 19.4 Å². The molecule has 1 heterocycles. The van der Waals surface area contributed by atoms with Gasteiger partial charge < -0.3 is 0 Å². The van der Waals surface area contributed by atoms with Crippen LogP contribution in [0.2, 0.25) is 0 Å². The maximum absolute atomic E-state index is 2.63. The fourth-order valence-electron chi connectivity index (χ4n) is 2.27. The summed E-state index contributed by atoms with van der Waals surface area (Å²) in [6, 6.07) is 11.5. The maximum Gasteiger partial charge on any atom is 0.0346 e. The molecule has 2 rings (SSSR count). The molecule has 1 aromatic carbocycles. The zero-order valence-corrected chi connectivity index (χ0v) is 10.2. The van der Waals surface area contributed by atoms with E-state index >= 15 is 0 Å². The van der Waals surface area contributed by atoms with E-state index in [0.29, 0.717) is 6.04 Å². The van der Waals surface area contributed by atoms with Gasteiger partial charge in [0.15, 0.2) is 0 Å². The van der Waals surface area contributed by atoms with E-state index in [-0.39, 0.29) is 0 Å². The predicted molar refractivity (Wildman–Crippen MR) is 68.4 cm³/mol. The maximum atomic E-state index is 2.63. The molecule has 2 heteroatoms. The van der Waals surface area contributed by atoms with Crippen LogP contribution >= 0.6 is 11.8 Å². The fourth-order valence-corrected chi connectivity index (χ4v) is 3.20. The molecule has 0 bridgehead atoms. The van der Waals surface area contributed by atoms with E-state index in [1.165, 1.54) is 36.6 Å². The molecule has 0 spiro atoms. The normalized spacial score (nSPS) is 20.1. The number of hydrogen-bond acceptors (Lipinski definition) is 2. The lowest BCUT2D eigenvalue weighted by Crippen LogP contribution is -2.35. The van der Waals surface area contributed by atoms with Crippen LogP contribution in [0.4, 0.5) is 0 Å². The lowest BCUT2D eigenvalue weighted by atomic mass is 10.0. The molecule has 1 atom stereocenters. The highest BCUT2D eigenvalue weighted by Crippen LogP contribution is 2.26. The minimum Gasteiger partial charge on any atom is -0.295 e. The van der Waals surface area contributed by atoms with Gasteiger partial charge in [0.1, 0.15) is 0 Å². The van der Waals surface area contributed by atoms with Crippen molar-refractivity contribution in [2.75, 3.05) is 24.6 Å². The average Bonchev–Trinajstić information content (AvgIpc) is 2.33. The van der Waals surface area contributed by atoms with Gasteiger partial charge in [-0.25, -0.2) is 0 Å². The number of thioether (sulfide) groups is 1. The summed E-state index contributed by atoms with van der Waals surface area (Å²) in [5, 5.41) is 0. The minimum absolute atomic E-state index is 0.632. The number of hydrogen-bond donors (Lipinski definition) is 0. The summed E-state index contributed by atoms with van der Waals surface area (Å²) in [5.74, 6) is 2.59. The first-order chi connectivity index (χ1) is 7.42. The van der Waals surface area contributed by atoms with Gasteiger partial charge in [-0.1, -0.05) is 37.3 Å². The standard InChI is InChI=1S/C13H19NS/c1-2-13(12-6-4-3-5-7-12)14-8-10-15-11-9-14/h3-7,13H,2,8-11H2,1H3/t13-/m1/s1. The molecule has 82 valence electrons. The number of nitrogens with zero attached hydrogens (tertiary/aromatic N) is 1. The molecule has 0 aliphatic carbocycles. The number of rotatable bonds is 3. The van der Waals surface area contributed by atoms with Crippen molar-refractivity contribution >= 4 is 11.8 Å². The second-order valence-corrected chi connectivity index (χ2v) is 5.21. The van der Waals surface area contributed by atoms with E-state index in [1.807, 2.05) is 0 Å². The Morgan fingerprint density at radius 3 is 2.47 bits per heavy atom. The predicted octanol–water partition coefficient (Wildman–Crippen LogP) is 3.19. The van der Waals surface area contributed by atoms with Crippen LogP contribution in [-0.2, 0) is 0 Å². The number of benzene rings is 1. The van der Waals surface area contributed by atoms with Gasteiger partial charge in [-0.2, -0.15) is 11.8 Å². The van der Waals surface area contributed by atoms with Gasteiger partial charge in [-0.05, 0) is 12.0 Å². The molecule has 0 saturated carbocycles. The Labute approximate surface area is 96.9 Å². The first-order valence-electron chi connectivity index (χ1n) is 5.78. The van der Waals surface area contributed by atoms with Crippen LogP contribution < -0.4 is 0 Å². The lowest BCUT2D eigenvalue weighted by molar-refractivity contribution is 0.212. The van der Waals surface area contributed by atoms with Crippen LogP contribution in [0.15, 0.2) is 30.3 Å². The van der Waals surface area contributed by atoms with Crippen molar-refractivity contribution in [1.82, 2.24) is 4.90 Å². The average molecular weight is 221 g/mol. The van der Waals surface area contributed by atoms with Gasteiger partial charge in [-0.15, -0.1) is 0 Å². The van der Waals surface area contributed by atoms with Crippen molar-refractivity contribution in [1.29, 1.82) is 0 Å². The molecule has 0 N–H and O–H groups in total. The molecule has 1 nitrogen and oxygen atoms in total. The summed E-state index contributed by atoms with van der Waals surface area (Å²) in [5.41, 5.74) is 1.48. The lowest BCUT2D eigenvalue weighted by Gasteiger charge is -2.34. The van der Waals surface area contributed by atoms with E-state index in [0.717, 1.165) is 0 Å². The quantitative estimate of drug-likeness (QED) is 0.771. The summed E-state index contributed by atoms with van der Waals surface area (Å²) in [6.07, 6.45) is 1.22. The van der Waals surface area contributed by atoms with Crippen LogP contribution in [0.1, 0.15) is 24.9 Å². The van der Waals surface area contributed by atoms with Gasteiger partial charge in [0.25, 0.3) is 0 Å².